The van der Waals surface area contributed by atoms with Crippen molar-refractivity contribution < 1.29 is 0 Å². The topological polar surface area (TPSA) is 9.86 Å². The number of aromatic nitrogens is 2. The van der Waals surface area contributed by atoms with Crippen LogP contribution in [0.25, 0.3) is 127 Å². The third-order valence-electron chi connectivity index (χ3n) is 14.5. The summed E-state index contributed by atoms with van der Waals surface area (Å²) in [7, 11) is 0. The van der Waals surface area contributed by atoms with Gasteiger partial charge >= 0.3 is 0 Å². The van der Waals surface area contributed by atoms with Gasteiger partial charge in [-0.3, -0.25) is 0 Å². The molecule has 0 saturated heterocycles. The van der Waals surface area contributed by atoms with E-state index in [1.165, 1.54) is 138 Å². The summed E-state index contributed by atoms with van der Waals surface area (Å²) in [5, 5.41) is 7.91. The maximum atomic E-state index is 2.59. The smallest absolute Gasteiger partial charge is 0.0625 e. The minimum atomic E-state index is 0.367. The van der Waals surface area contributed by atoms with Crippen molar-refractivity contribution in [2.45, 2.75) is 12.3 Å². The minimum absolute atomic E-state index is 0.367. The standard InChI is InChI=1S/C60H36N2/c1-3-19-47-43(17-1)57-49-21-5-7-27-53(49)62(38-30-32-40-42-24-10-14-36-16-12-26-46(56(36)42)52(40)34-38)60(57)48-20-4-2-18-44(48)58-50-22-6-8-28-54(50)61(59(47)58)37-29-31-39-41-23-9-13-35-15-11-25-45(55(35)41)51(39)33-37/h1-31,33-34,40H,32H2. The van der Waals surface area contributed by atoms with Crippen LogP contribution in [0, 0.1) is 0 Å². The van der Waals surface area contributed by atoms with Crippen LogP contribution in [0.15, 0.2) is 200 Å². The fourth-order valence-corrected chi connectivity index (χ4v) is 12.1. The highest BCUT2D eigenvalue weighted by Gasteiger charge is 2.35. The molecule has 0 spiro atoms. The summed E-state index contributed by atoms with van der Waals surface area (Å²) in [6, 6.07) is 70.8. The molecule has 2 aromatic heterocycles. The van der Waals surface area contributed by atoms with Crippen LogP contribution in [-0.2, 0) is 0 Å². The van der Waals surface area contributed by atoms with Crippen molar-refractivity contribution in [1.29, 1.82) is 0 Å². The third kappa shape index (κ3) is 4.09. The number of benzene rings is 9. The van der Waals surface area contributed by atoms with Crippen LogP contribution < -0.4 is 0 Å². The second-order valence-electron chi connectivity index (χ2n) is 17.5. The third-order valence-corrected chi connectivity index (χ3v) is 14.5. The number of rotatable bonds is 2. The molecule has 62 heavy (non-hydrogen) atoms. The quantitative estimate of drug-likeness (QED) is 0.165. The molecule has 0 saturated carbocycles. The molecule has 0 fully saturated rings. The van der Waals surface area contributed by atoms with Gasteiger partial charge in [0.15, 0.2) is 0 Å². The molecule has 0 N–H and O–H groups in total. The fourth-order valence-electron chi connectivity index (χ4n) is 12.1. The zero-order valence-electron chi connectivity index (χ0n) is 33.7. The first-order chi connectivity index (χ1) is 30.8. The highest BCUT2D eigenvalue weighted by molar-refractivity contribution is 6.19. The molecule has 286 valence electrons. The summed E-state index contributed by atoms with van der Waals surface area (Å²) < 4.78 is 5.15. The number of para-hydroxylation sites is 2. The summed E-state index contributed by atoms with van der Waals surface area (Å²) in [6.07, 6.45) is 5.97. The number of hydrogen-bond donors (Lipinski definition) is 0. The van der Waals surface area contributed by atoms with E-state index in [-0.39, 0.29) is 0 Å². The Morgan fingerprint density at radius 1 is 0.387 bits per heavy atom. The molecule has 11 aromatic rings. The first-order valence-corrected chi connectivity index (χ1v) is 21.9. The Kier molecular flexibility index (Phi) is 6.29. The molecule has 2 heteroatoms. The van der Waals surface area contributed by atoms with Gasteiger partial charge in [0.05, 0.1) is 22.4 Å². The van der Waals surface area contributed by atoms with Crippen LogP contribution in [-0.4, -0.2) is 9.13 Å². The lowest BCUT2D eigenvalue weighted by atomic mass is 9.84. The van der Waals surface area contributed by atoms with Gasteiger partial charge in [0.25, 0.3) is 0 Å². The molecule has 15 rings (SSSR count). The van der Waals surface area contributed by atoms with Gasteiger partial charge in [-0.25, -0.2) is 0 Å². The minimum Gasteiger partial charge on any atom is -0.309 e. The van der Waals surface area contributed by atoms with Crippen LogP contribution in [0.2, 0.25) is 0 Å². The van der Waals surface area contributed by atoms with Crippen molar-refractivity contribution in [2.24, 2.45) is 0 Å². The van der Waals surface area contributed by atoms with E-state index >= 15 is 0 Å². The van der Waals surface area contributed by atoms with E-state index < -0.39 is 0 Å². The average molecular weight is 785 g/mol. The van der Waals surface area contributed by atoms with Gasteiger partial charge < -0.3 is 9.13 Å². The second kappa shape index (κ2) is 11.9. The molecule has 0 bridgehead atoms. The SMILES string of the molecule is C1=C2c3cccc4cccc(c34)C2CC=C1n1c2c(c3ccccc31)-c1ccccc1-c1c(c3ccccc3n1-c1ccc3c(c1)-c1cccc4cccc-3c14)-c1ccccc1-2. The number of fused-ring (bicyclic) bond motifs is 18. The summed E-state index contributed by atoms with van der Waals surface area (Å²) in [5.74, 6) is 0.367. The largest absolute Gasteiger partial charge is 0.309 e. The zero-order valence-corrected chi connectivity index (χ0v) is 33.7. The Bertz CT molecular complexity index is 3880. The molecule has 1 unspecified atom stereocenters. The normalized spacial score (nSPS) is 15.1. The van der Waals surface area contributed by atoms with E-state index in [1.807, 2.05) is 0 Å². The van der Waals surface area contributed by atoms with Crippen molar-refractivity contribution in [3.63, 3.8) is 0 Å². The Morgan fingerprint density at radius 2 is 0.919 bits per heavy atom. The number of nitrogens with zero attached hydrogens (tertiary/aromatic N) is 2. The predicted octanol–water partition coefficient (Wildman–Crippen LogP) is 15.9. The van der Waals surface area contributed by atoms with E-state index in [9.17, 15) is 0 Å². The van der Waals surface area contributed by atoms with Gasteiger partial charge in [0.2, 0.25) is 0 Å². The summed E-state index contributed by atoms with van der Waals surface area (Å²) in [4.78, 5) is 0. The summed E-state index contributed by atoms with van der Waals surface area (Å²) in [6.45, 7) is 0. The van der Waals surface area contributed by atoms with Crippen LogP contribution >= 0.6 is 0 Å². The molecular weight excluding hydrogens is 749 g/mol. The first-order valence-electron chi connectivity index (χ1n) is 21.9. The van der Waals surface area contributed by atoms with Gasteiger partial charge in [0.1, 0.15) is 0 Å². The van der Waals surface area contributed by atoms with E-state index in [1.54, 1.807) is 0 Å². The van der Waals surface area contributed by atoms with Crippen molar-refractivity contribution >= 4 is 54.6 Å². The van der Waals surface area contributed by atoms with Crippen molar-refractivity contribution in [1.82, 2.24) is 9.13 Å². The molecule has 0 radical (unpaired) electrons. The molecule has 0 amide bonds. The fraction of sp³-hybridized carbons (Fsp3) is 0.0333. The van der Waals surface area contributed by atoms with Crippen molar-refractivity contribution in [2.75, 3.05) is 0 Å². The molecular formula is C60H36N2. The van der Waals surface area contributed by atoms with Gasteiger partial charge in [-0.15, -0.1) is 0 Å². The highest BCUT2D eigenvalue weighted by Crippen LogP contribution is 2.57. The van der Waals surface area contributed by atoms with Crippen LogP contribution in [0.4, 0.5) is 0 Å². The van der Waals surface area contributed by atoms with Gasteiger partial charge in [-0.2, -0.15) is 0 Å². The van der Waals surface area contributed by atoms with Crippen LogP contribution in [0.3, 0.4) is 0 Å². The van der Waals surface area contributed by atoms with Crippen molar-refractivity contribution in [3.05, 3.63) is 211 Å². The molecule has 9 aromatic carbocycles. The van der Waals surface area contributed by atoms with E-state index in [2.05, 4.69) is 209 Å². The Hall–Kier alpha value is -7.94. The number of allylic oxidation sites excluding steroid dienone is 4. The second-order valence-corrected chi connectivity index (χ2v) is 17.5. The van der Waals surface area contributed by atoms with Gasteiger partial charge in [0, 0.05) is 50.3 Å². The zero-order chi connectivity index (χ0) is 40.2. The highest BCUT2D eigenvalue weighted by atomic mass is 15.0. The molecule has 2 nitrogen and oxygen atoms in total. The van der Waals surface area contributed by atoms with Crippen LogP contribution in [0.5, 0.6) is 0 Å². The number of hydrogen-bond acceptors (Lipinski definition) is 0. The molecule has 0 aliphatic heterocycles. The average Bonchev–Trinajstić information content (AvgIpc) is 4.05. The van der Waals surface area contributed by atoms with Gasteiger partial charge in [-0.05, 0) is 108 Å². The lowest BCUT2D eigenvalue weighted by Crippen LogP contribution is -2.07. The van der Waals surface area contributed by atoms with E-state index in [0.29, 0.717) is 5.92 Å². The lowest BCUT2D eigenvalue weighted by Gasteiger charge is -2.25. The Balaban J connectivity index is 1.03. The van der Waals surface area contributed by atoms with Crippen LogP contribution in [0.1, 0.15) is 23.5 Å². The first kappa shape index (κ1) is 32.9. The monoisotopic (exact) mass is 784 g/mol. The van der Waals surface area contributed by atoms with Gasteiger partial charge in [-0.1, -0.05) is 170 Å². The summed E-state index contributed by atoms with van der Waals surface area (Å²) >= 11 is 0. The van der Waals surface area contributed by atoms with E-state index in [0.717, 1.165) is 6.42 Å². The Labute approximate surface area is 358 Å². The molecule has 2 heterocycles. The van der Waals surface area contributed by atoms with Crippen molar-refractivity contribution in [3.8, 4) is 72.7 Å². The predicted molar refractivity (Wildman–Crippen MR) is 260 cm³/mol. The molecule has 1 atom stereocenters. The molecule has 4 aliphatic carbocycles. The Morgan fingerprint density at radius 3 is 1.61 bits per heavy atom. The maximum Gasteiger partial charge on any atom is 0.0625 e. The summed E-state index contributed by atoms with van der Waals surface area (Å²) in [5.41, 5.74) is 24.3. The maximum absolute atomic E-state index is 2.59. The lowest BCUT2D eigenvalue weighted by molar-refractivity contribution is 0.893. The molecule has 4 aliphatic rings. The van der Waals surface area contributed by atoms with E-state index in [4.69, 9.17) is 0 Å².